The molecule has 124 valence electrons. The summed E-state index contributed by atoms with van der Waals surface area (Å²) in [5.74, 6) is -0.546. The monoisotopic (exact) mass is 324 g/mol. The van der Waals surface area contributed by atoms with Gasteiger partial charge in [-0.2, -0.15) is 5.10 Å². The van der Waals surface area contributed by atoms with Crippen molar-refractivity contribution in [3.05, 3.63) is 59.7 Å². The summed E-state index contributed by atoms with van der Waals surface area (Å²) in [7, 11) is 0. The Morgan fingerprint density at radius 1 is 1.04 bits per heavy atom. The minimum atomic E-state index is -0.353. The number of hydrogen-bond acceptors (Lipinski definition) is 4. The van der Waals surface area contributed by atoms with Crippen molar-refractivity contribution in [1.29, 1.82) is 0 Å². The van der Waals surface area contributed by atoms with Crippen molar-refractivity contribution in [3.8, 4) is 0 Å². The summed E-state index contributed by atoms with van der Waals surface area (Å²) >= 11 is 0. The lowest BCUT2D eigenvalue weighted by atomic mass is 10.2. The molecule has 0 bridgehead atoms. The molecule has 2 amide bonds. The molecule has 4 N–H and O–H groups in total. The van der Waals surface area contributed by atoms with Crippen molar-refractivity contribution in [2.24, 2.45) is 5.10 Å². The number of nitrogens with two attached hydrogens (primary N) is 1. The van der Waals surface area contributed by atoms with Crippen molar-refractivity contribution in [1.82, 2.24) is 5.43 Å². The molecule has 0 unspecified atom stereocenters. The van der Waals surface area contributed by atoms with Crippen LogP contribution in [-0.4, -0.2) is 17.5 Å². The maximum absolute atomic E-state index is 11.9. The number of rotatable bonds is 5. The van der Waals surface area contributed by atoms with Crippen molar-refractivity contribution in [2.75, 3.05) is 11.1 Å². The highest BCUT2D eigenvalue weighted by molar-refractivity contribution is 6.06. The van der Waals surface area contributed by atoms with Crippen LogP contribution in [0, 0.1) is 6.92 Å². The van der Waals surface area contributed by atoms with Crippen LogP contribution in [0.25, 0.3) is 0 Å². The zero-order chi connectivity index (χ0) is 17.5. The van der Waals surface area contributed by atoms with Crippen LogP contribution in [0.15, 0.2) is 53.6 Å². The second-order valence-corrected chi connectivity index (χ2v) is 5.50. The maximum atomic E-state index is 11.9. The van der Waals surface area contributed by atoms with Crippen LogP contribution in [0.4, 0.5) is 11.4 Å². The van der Waals surface area contributed by atoms with Gasteiger partial charge in [0, 0.05) is 22.6 Å². The Morgan fingerprint density at radius 2 is 1.67 bits per heavy atom. The molecular formula is C18H20N4O2. The lowest BCUT2D eigenvalue weighted by molar-refractivity contribution is -0.115. The number of benzene rings is 2. The Balaban J connectivity index is 1.86. The highest BCUT2D eigenvalue weighted by Gasteiger charge is 2.07. The Morgan fingerprint density at radius 3 is 2.29 bits per heavy atom. The minimum absolute atomic E-state index is 0.0931. The number of hydrazone groups is 1. The Bertz CT molecular complexity index is 750. The zero-order valence-corrected chi connectivity index (χ0v) is 13.7. The second kappa shape index (κ2) is 7.92. The van der Waals surface area contributed by atoms with Crippen molar-refractivity contribution in [2.45, 2.75) is 20.3 Å². The summed E-state index contributed by atoms with van der Waals surface area (Å²) in [6, 6.07) is 14.0. The van der Waals surface area contributed by atoms with E-state index >= 15 is 0 Å². The smallest absolute Gasteiger partial charge is 0.271 e. The molecule has 0 heterocycles. The van der Waals surface area contributed by atoms with Crippen LogP contribution < -0.4 is 16.5 Å². The first kappa shape index (κ1) is 17.2. The van der Waals surface area contributed by atoms with Gasteiger partial charge >= 0.3 is 0 Å². The van der Waals surface area contributed by atoms with E-state index in [9.17, 15) is 9.59 Å². The number of anilines is 2. The molecule has 2 aromatic rings. The summed E-state index contributed by atoms with van der Waals surface area (Å²) in [5.41, 5.74) is 11.4. The molecule has 24 heavy (non-hydrogen) atoms. The first-order valence-electron chi connectivity index (χ1n) is 7.49. The Hall–Kier alpha value is -3.15. The quantitative estimate of drug-likeness (QED) is 0.448. The van der Waals surface area contributed by atoms with Gasteiger partial charge in [0.15, 0.2) is 0 Å². The van der Waals surface area contributed by atoms with E-state index in [1.165, 1.54) is 0 Å². The Labute approximate surface area is 140 Å². The molecule has 6 nitrogen and oxygen atoms in total. The number of amides is 2. The van der Waals surface area contributed by atoms with Crippen molar-refractivity contribution in [3.63, 3.8) is 0 Å². The number of carbonyl (C=O) groups excluding carboxylic acids is 2. The van der Waals surface area contributed by atoms with Crippen LogP contribution in [0.5, 0.6) is 0 Å². The molecule has 6 heteroatoms. The normalized spacial score (nSPS) is 11.0. The number of carbonyl (C=O) groups is 2. The van der Waals surface area contributed by atoms with Crippen LogP contribution in [0.2, 0.25) is 0 Å². The van der Waals surface area contributed by atoms with Gasteiger partial charge in [0.1, 0.15) is 0 Å². The Kier molecular flexibility index (Phi) is 5.68. The van der Waals surface area contributed by atoms with Gasteiger partial charge in [-0.25, -0.2) is 5.43 Å². The van der Waals surface area contributed by atoms with E-state index in [0.717, 1.165) is 11.3 Å². The molecule has 0 aromatic heterocycles. The molecule has 0 aliphatic carbocycles. The fourth-order valence-corrected chi connectivity index (χ4v) is 1.96. The van der Waals surface area contributed by atoms with Crippen molar-refractivity contribution >= 4 is 28.9 Å². The van der Waals surface area contributed by atoms with Gasteiger partial charge in [0.25, 0.3) is 5.91 Å². The van der Waals surface area contributed by atoms with Crippen LogP contribution >= 0.6 is 0 Å². The summed E-state index contributed by atoms with van der Waals surface area (Å²) in [5, 5.41) is 6.72. The summed E-state index contributed by atoms with van der Waals surface area (Å²) in [4.78, 5) is 23.9. The standard InChI is InChI=1S/C18H20N4O2/c1-12-3-9-16(10-4-12)20-17(23)11-13(2)21-22-18(24)14-5-7-15(19)8-6-14/h3-10H,11,19H2,1-2H3,(H,20,23)(H,22,24)/b21-13-. The molecule has 0 spiro atoms. The molecule has 0 saturated carbocycles. The lowest BCUT2D eigenvalue weighted by Crippen LogP contribution is -2.21. The predicted molar refractivity (Wildman–Crippen MR) is 95.9 cm³/mol. The number of nitrogen functional groups attached to an aromatic ring is 1. The second-order valence-electron chi connectivity index (χ2n) is 5.50. The third-order valence-electron chi connectivity index (χ3n) is 3.27. The molecule has 2 aromatic carbocycles. The van der Waals surface area contributed by atoms with E-state index in [1.54, 1.807) is 31.2 Å². The van der Waals surface area contributed by atoms with Gasteiger partial charge < -0.3 is 11.1 Å². The third-order valence-corrected chi connectivity index (χ3v) is 3.27. The number of nitrogens with zero attached hydrogens (tertiary/aromatic N) is 1. The molecule has 0 aliphatic heterocycles. The third kappa shape index (κ3) is 5.24. The fourth-order valence-electron chi connectivity index (χ4n) is 1.96. The molecule has 0 saturated heterocycles. The van der Waals surface area contributed by atoms with E-state index in [4.69, 9.17) is 5.73 Å². The topological polar surface area (TPSA) is 96.6 Å². The predicted octanol–water partition coefficient (Wildman–Crippen LogP) is 2.71. The molecule has 0 aliphatic rings. The van der Waals surface area contributed by atoms with Gasteiger partial charge in [-0.1, -0.05) is 17.7 Å². The average molecular weight is 324 g/mol. The molecule has 0 radical (unpaired) electrons. The van der Waals surface area contributed by atoms with Crippen LogP contribution in [-0.2, 0) is 4.79 Å². The number of aryl methyl sites for hydroxylation is 1. The van der Waals surface area contributed by atoms with Gasteiger partial charge in [-0.15, -0.1) is 0 Å². The van der Waals surface area contributed by atoms with Gasteiger partial charge in [0.05, 0.1) is 6.42 Å². The van der Waals surface area contributed by atoms with Crippen LogP contribution in [0.1, 0.15) is 29.3 Å². The van der Waals surface area contributed by atoms with Crippen molar-refractivity contribution < 1.29 is 9.59 Å². The maximum Gasteiger partial charge on any atom is 0.271 e. The summed E-state index contributed by atoms with van der Waals surface area (Å²) in [6.45, 7) is 3.66. The molecule has 0 fully saturated rings. The average Bonchev–Trinajstić information content (AvgIpc) is 2.55. The largest absolute Gasteiger partial charge is 0.399 e. The van der Waals surface area contributed by atoms with Gasteiger partial charge in [-0.3, -0.25) is 9.59 Å². The highest BCUT2D eigenvalue weighted by atomic mass is 16.2. The number of nitrogens with one attached hydrogen (secondary N) is 2. The zero-order valence-electron chi connectivity index (χ0n) is 13.7. The van der Waals surface area contributed by atoms with Gasteiger partial charge in [0.2, 0.25) is 5.91 Å². The molecule has 2 rings (SSSR count). The fraction of sp³-hybridized carbons (Fsp3) is 0.167. The van der Waals surface area contributed by atoms with E-state index in [0.29, 0.717) is 17.0 Å². The summed E-state index contributed by atoms with van der Waals surface area (Å²) in [6.07, 6.45) is 0.0931. The minimum Gasteiger partial charge on any atom is -0.399 e. The van der Waals surface area contributed by atoms with E-state index < -0.39 is 0 Å². The first-order valence-corrected chi connectivity index (χ1v) is 7.49. The first-order chi connectivity index (χ1) is 11.4. The SMILES string of the molecule is C/C(CC(=O)Nc1ccc(C)cc1)=N/NC(=O)c1ccc(N)cc1. The highest BCUT2D eigenvalue weighted by Crippen LogP contribution is 2.09. The molecular weight excluding hydrogens is 304 g/mol. The summed E-state index contributed by atoms with van der Waals surface area (Å²) < 4.78 is 0. The molecule has 0 atom stereocenters. The number of hydrogen-bond donors (Lipinski definition) is 3. The van der Waals surface area contributed by atoms with E-state index in [1.807, 2.05) is 31.2 Å². The van der Waals surface area contributed by atoms with E-state index in [2.05, 4.69) is 15.8 Å². The van der Waals surface area contributed by atoms with Crippen LogP contribution in [0.3, 0.4) is 0 Å². The van der Waals surface area contributed by atoms with E-state index in [-0.39, 0.29) is 18.2 Å². The lowest BCUT2D eigenvalue weighted by Gasteiger charge is -2.06. The van der Waals surface area contributed by atoms with Gasteiger partial charge in [-0.05, 0) is 50.2 Å².